The van der Waals surface area contributed by atoms with Crippen LogP contribution in [-0.2, 0) is 0 Å². The van der Waals surface area contributed by atoms with Crippen LogP contribution in [-0.4, -0.2) is 26.3 Å². The number of hydrogen-bond donors (Lipinski definition) is 1. The Bertz CT molecular complexity index is 857. The van der Waals surface area contributed by atoms with Crippen molar-refractivity contribution in [3.05, 3.63) is 55.5 Å². The number of benzene rings is 2. The van der Waals surface area contributed by atoms with Crippen molar-refractivity contribution in [1.29, 1.82) is 0 Å². The van der Waals surface area contributed by atoms with Crippen LogP contribution in [0.15, 0.2) is 38.3 Å². The number of nitrogens with zero attached hydrogens (tertiary/aromatic N) is 1. The monoisotopic (exact) mass is 496 g/mol. The van der Waals surface area contributed by atoms with Gasteiger partial charge in [-0.3, -0.25) is 4.79 Å². The van der Waals surface area contributed by atoms with E-state index in [1.165, 1.54) is 0 Å². The Morgan fingerprint density at radius 3 is 2.26 bits per heavy atom. The highest BCUT2D eigenvalue weighted by atomic mass is 79.9. The van der Waals surface area contributed by atoms with Gasteiger partial charge in [0.15, 0.2) is 0 Å². The summed E-state index contributed by atoms with van der Waals surface area (Å²) in [5.74, 6) is 1.49. The van der Waals surface area contributed by atoms with Crippen molar-refractivity contribution in [2.45, 2.75) is 26.7 Å². The van der Waals surface area contributed by atoms with Crippen LogP contribution < -0.4 is 14.9 Å². The number of amides is 1. The van der Waals surface area contributed by atoms with E-state index in [2.05, 4.69) is 56.2 Å². The van der Waals surface area contributed by atoms with Crippen molar-refractivity contribution < 1.29 is 14.3 Å². The molecule has 2 rings (SSSR count). The van der Waals surface area contributed by atoms with Gasteiger partial charge in [-0.05, 0) is 85.7 Å². The Morgan fingerprint density at radius 2 is 1.74 bits per heavy atom. The van der Waals surface area contributed by atoms with Gasteiger partial charge in [-0.1, -0.05) is 13.8 Å². The summed E-state index contributed by atoms with van der Waals surface area (Å²) in [7, 11) is 3.23. The van der Waals surface area contributed by atoms with Gasteiger partial charge in [-0.25, -0.2) is 5.43 Å². The summed E-state index contributed by atoms with van der Waals surface area (Å²) in [5.41, 5.74) is 6.06. The molecule has 0 spiro atoms. The Kier molecular flexibility index (Phi) is 7.44. The van der Waals surface area contributed by atoms with E-state index in [9.17, 15) is 4.79 Å². The lowest BCUT2D eigenvalue weighted by molar-refractivity contribution is 0.0955. The molecule has 1 N–H and O–H groups in total. The minimum absolute atomic E-state index is 0.314. The topological polar surface area (TPSA) is 59.9 Å². The van der Waals surface area contributed by atoms with Gasteiger partial charge in [0.05, 0.1) is 29.4 Å². The van der Waals surface area contributed by atoms with Crippen LogP contribution in [0.5, 0.6) is 11.5 Å². The highest BCUT2D eigenvalue weighted by Crippen LogP contribution is 2.34. The van der Waals surface area contributed by atoms with Crippen LogP contribution in [0.3, 0.4) is 0 Å². The van der Waals surface area contributed by atoms with Gasteiger partial charge in [-0.2, -0.15) is 5.10 Å². The molecule has 144 valence electrons. The summed E-state index contributed by atoms with van der Waals surface area (Å²) in [6.45, 7) is 6.19. The zero-order chi connectivity index (χ0) is 20.1. The number of nitrogens with one attached hydrogen (secondary N) is 1. The summed E-state index contributed by atoms with van der Waals surface area (Å²) in [5, 5.41) is 4.11. The molecule has 0 saturated carbocycles. The van der Waals surface area contributed by atoms with Crippen LogP contribution >= 0.6 is 31.9 Å². The molecule has 1 amide bonds. The minimum atomic E-state index is -0.314. The van der Waals surface area contributed by atoms with E-state index in [4.69, 9.17) is 9.47 Å². The number of aryl methyl sites for hydroxylation is 1. The Hall–Kier alpha value is -1.86. The lowest BCUT2D eigenvalue weighted by Gasteiger charge is -2.14. The number of hydrazone groups is 1. The molecule has 0 aliphatic heterocycles. The molecule has 27 heavy (non-hydrogen) atoms. The van der Waals surface area contributed by atoms with Gasteiger partial charge < -0.3 is 9.47 Å². The highest BCUT2D eigenvalue weighted by Gasteiger charge is 2.13. The maximum absolute atomic E-state index is 12.4. The molecule has 0 aromatic heterocycles. The number of halogens is 2. The van der Waals surface area contributed by atoms with Crippen LogP contribution in [0.1, 0.15) is 46.8 Å². The van der Waals surface area contributed by atoms with Gasteiger partial charge in [0.2, 0.25) is 0 Å². The van der Waals surface area contributed by atoms with Crippen LogP contribution in [0.2, 0.25) is 0 Å². The van der Waals surface area contributed by atoms with Crippen molar-refractivity contribution in [2.24, 2.45) is 5.10 Å². The molecular formula is C20H22Br2N2O3. The molecule has 0 atom stereocenters. The maximum Gasteiger partial charge on any atom is 0.271 e. The van der Waals surface area contributed by atoms with Crippen molar-refractivity contribution >= 4 is 44.0 Å². The van der Waals surface area contributed by atoms with Gasteiger partial charge in [-0.15, -0.1) is 0 Å². The molecule has 0 fully saturated rings. The summed E-state index contributed by atoms with van der Waals surface area (Å²) >= 11 is 6.78. The van der Waals surface area contributed by atoms with Crippen LogP contribution in [0, 0.1) is 6.92 Å². The second-order valence-electron chi connectivity index (χ2n) is 6.28. The third-order valence-corrected chi connectivity index (χ3v) is 5.25. The molecule has 0 aliphatic carbocycles. The molecule has 0 heterocycles. The summed E-state index contributed by atoms with van der Waals surface area (Å²) < 4.78 is 12.1. The van der Waals surface area contributed by atoms with E-state index in [1.54, 1.807) is 32.6 Å². The first-order chi connectivity index (χ1) is 12.8. The lowest BCUT2D eigenvalue weighted by atomic mass is 9.97. The molecule has 2 aromatic carbocycles. The van der Waals surface area contributed by atoms with Crippen molar-refractivity contribution in [3.8, 4) is 11.5 Å². The largest absolute Gasteiger partial charge is 0.496 e. The predicted molar refractivity (Wildman–Crippen MR) is 115 cm³/mol. The molecule has 5 nitrogen and oxygen atoms in total. The van der Waals surface area contributed by atoms with Gasteiger partial charge in [0.1, 0.15) is 11.5 Å². The second kappa shape index (κ2) is 9.37. The highest BCUT2D eigenvalue weighted by molar-refractivity contribution is 9.11. The molecule has 0 aliphatic rings. The summed E-state index contributed by atoms with van der Waals surface area (Å²) in [6.07, 6.45) is 1.65. The molecule has 2 aromatic rings. The second-order valence-corrected chi connectivity index (χ2v) is 7.99. The zero-order valence-electron chi connectivity index (χ0n) is 15.9. The lowest BCUT2D eigenvalue weighted by Crippen LogP contribution is -2.18. The summed E-state index contributed by atoms with van der Waals surface area (Å²) in [4.78, 5) is 12.4. The number of hydrogen-bond acceptors (Lipinski definition) is 4. The third kappa shape index (κ3) is 5.11. The molecule has 7 heteroatoms. The van der Waals surface area contributed by atoms with E-state index in [1.807, 2.05) is 19.1 Å². The smallest absolute Gasteiger partial charge is 0.271 e. The van der Waals surface area contributed by atoms with Crippen LogP contribution in [0.4, 0.5) is 0 Å². The number of carbonyl (C=O) groups is 1. The van der Waals surface area contributed by atoms with E-state index in [0.29, 0.717) is 26.2 Å². The fraction of sp³-hybridized carbons (Fsp3) is 0.300. The van der Waals surface area contributed by atoms with Crippen LogP contribution in [0.25, 0.3) is 0 Å². The average molecular weight is 498 g/mol. The SMILES string of the molecule is COc1cc(C)c(/C=N\NC(=O)c2cc(Br)c(OC)c(Br)c2)cc1C(C)C. The van der Waals surface area contributed by atoms with E-state index in [0.717, 1.165) is 22.4 Å². The number of rotatable bonds is 6. The molecular weight excluding hydrogens is 476 g/mol. The minimum Gasteiger partial charge on any atom is -0.496 e. The Labute approximate surface area is 176 Å². The fourth-order valence-corrected chi connectivity index (χ4v) is 4.10. The normalized spacial score (nSPS) is 11.1. The van der Waals surface area contributed by atoms with E-state index < -0.39 is 0 Å². The van der Waals surface area contributed by atoms with Crippen molar-refractivity contribution in [2.75, 3.05) is 14.2 Å². The Morgan fingerprint density at radius 1 is 1.11 bits per heavy atom. The molecule has 0 unspecified atom stereocenters. The number of carbonyl (C=O) groups excluding carboxylic acids is 1. The molecule has 0 bridgehead atoms. The van der Waals surface area contributed by atoms with Gasteiger partial charge >= 0.3 is 0 Å². The van der Waals surface area contributed by atoms with E-state index in [-0.39, 0.29) is 5.91 Å². The average Bonchev–Trinajstić information content (AvgIpc) is 2.61. The van der Waals surface area contributed by atoms with Crippen molar-refractivity contribution in [1.82, 2.24) is 5.43 Å². The number of methoxy groups -OCH3 is 2. The van der Waals surface area contributed by atoms with Crippen molar-refractivity contribution in [3.63, 3.8) is 0 Å². The fourth-order valence-electron chi connectivity index (χ4n) is 2.59. The standard InChI is InChI=1S/C20H22Br2N2O3/c1-11(2)15-7-14(12(3)6-18(15)26-4)10-23-24-20(25)13-8-16(21)19(27-5)17(22)9-13/h6-11H,1-5H3,(H,24,25)/b23-10-. The Balaban J connectivity index is 2.20. The first-order valence-electron chi connectivity index (χ1n) is 8.33. The van der Waals surface area contributed by atoms with Gasteiger partial charge in [0, 0.05) is 5.56 Å². The van der Waals surface area contributed by atoms with E-state index >= 15 is 0 Å². The molecule has 0 radical (unpaired) electrons. The first kappa shape index (κ1) is 21.4. The number of ether oxygens (including phenoxy) is 2. The quantitative estimate of drug-likeness (QED) is 0.428. The summed E-state index contributed by atoms with van der Waals surface area (Å²) in [6, 6.07) is 7.39. The maximum atomic E-state index is 12.4. The molecule has 0 saturated heterocycles. The zero-order valence-corrected chi connectivity index (χ0v) is 19.1. The van der Waals surface area contributed by atoms with Gasteiger partial charge in [0.25, 0.3) is 5.91 Å². The first-order valence-corrected chi connectivity index (χ1v) is 9.92. The predicted octanol–water partition coefficient (Wildman–Crippen LogP) is 5.42. The third-order valence-electron chi connectivity index (χ3n) is 4.07.